The van der Waals surface area contributed by atoms with Crippen molar-refractivity contribution in [3.8, 4) is 11.4 Å². The summed E-state index contributed by atoms with van der Waals surface area (Å²) in [5.41, 5.74) is 2.08. The zero-order valence-electron chi connectivity index (χ0n) is 17.6. The summed E-state index contributed by atoms with van der Waals surface area (Å²) >= 11 is 0. The summed E-state index contributed by atoms with van der Waals surface area (Å²) in [5, 5.41) is 3.84. The van der Waals surface area contributed by atoms with E-state index >= 15 is 0 Å². The predicted octanol–water partition coefficient (Wildman–Crippen LogP) is 3.28. The van der Waals surface area contributed by atoms with Crippen LogP contribution in [0.2, 0.25) is 0 Å². The van der Waals surface area contributed by atoms with Crippen LogP contribution in [-0.2, 0) is 27.9 Å². The Labute approximate surface area is 190 Å². The van der Waals surface area contributed by atoms with Crippen LogP contribution in [0, 0.1) is 6.92 Å². The third-order valence-electron chi connectivity index (χ3n) is 4.74. The summed E-state index contributed by atoms with van der Waals surface area (Å²) in [4.78, 5) is 20.7. The molecular weight excluding hydrogens is 444 g/mol. The van der Waals surface area contributed by atoms with Crippen molar-refractivity contribution < 1.29 is 22.5 Å². The highest BCUT2D eigenvalue weighted by molar-refractivity contribution is 7.89. The number of nitrogens with one attached hydrogen (secondary N) is 1. The van der Waals surface area contributed by atoms with E-state index in [0.717, 1.165) is 5.56 Å². The van der Waals surface area contributed by atoms with Crippen LogP contribution < -0.4 is 4.72 Å². The molecular formula is C23H20N4O5S. The van der Waals surface area contributed by atoms with Gasteiger partial charge in [0, 0.05) is 24.5 Å². The average molecular weight is 465 g/mol. The monoisotopic (exact) mass is 464 g/mol. The first kappa shape index (κ1) is 22.3. The molecule has 0 aliphatic heterocycles. The van der Waals surface area contributed by atoms with Gasteiger partial charge in [-0.25, -0.2) is 17.9 Å². The van der Waals surface area contributed by atoms with Crippen molar-refractivity contribution in [3.05, 3.63) is 95.6 Å². The van der Waals surface area contributed by atoms with Crippen LogP contribution in [0.1, 0.15) is 27.4 Å². The van der Waals surface area contributed by atoms with Gasteiger partial charge in [-0.05, 0) is 42.3 Å². The molecule has 0 saturated heterocycles. The van der Waals surface area contributed by atoms with Gasteiger partial charge in [0.1, 0.15) is 0 Å². The largest absolute Gasteiger partial charge is 0.452 e. The summed E-state index contributed by atoms with van der Waals surface area (Å²) in [6, 6.07) is 17.0. The van der Waals surface area contributed by atoms with E-state index < -0.39 is 16.0 Å². The number of ether oxygens (including phenoxy) is 1. The molecule has 2 heterocycles. The lowest BCUT2D eigenvalue weighted by Gasteiger charge is -2.11. The molecule has 33 heavy (non-hydrogen) atoms. The summed E-state index contributed by atoms with van der Waals surface area (Å²) in [5.74, 6) is -0.287. The van der Waals surface area contributed by atoms with Crippen LogP contribution in [0.4, 0.5) is 0 Å². The Bertz CT molecular complexity index is 1360. The number of pyridine rings is 1. The van der Waals surface area contributed by atoms with Crippen LogP contribution in [0.15, 0.2) is 82.5 Å². The first-order valence-electron chi connectivity index (χ1n) is 9.97. The van der Waals surface area contributed by atoms with E-state index in [2.05, 4.69) is 19.8 Å². The number of carbonyl (C=O) groups excluding carboxylic acids is 1. The van der Waals surface area contributed by atoms with Crippen molar-refractivity contribution in [1.82, 2.24) is 19.8 Å². The van der Waals surface area contributed by atoms with Gasteiger partial charge in [0.15, 0.2) is 6.61 Å². The molecule has 0 unspecified atom stereocenters. The number of hydrogen-bond acceptors (Lipinski definition) is 8. The summed E-state index contributed by atoms with van der Waals surface area (Å²) < 4.78 is 38.5. The van der Waals surface area contributed by atoms with Gasteiger partial charge < -0.3 is 9.26 Å². The molecule has 1 N–H and O–H groups in total. The van der Waals surface area contributed by atoms with Gasteiger partial charge in [0.2, 0.25) is 15.8 Å². The molecule has 4 rings (SSSR count). The molecule has 10 heteroatoms. The number of sulfonamides is 1. The van der Waals surface area contributed by atoms with E-state index in [1.54, 1.807) is 37.5 Å². The third-order valence-corrected chi connectivity index (χ3v) is 6.28. The molecule has 2 aromatic carbocycles. The number of esters is 1. The molecule has 4 aromatic rings. The van der Waals surface area contributed by atoms with Crippen LogP contribution in [0.3, 0.4) is 0 Å². The van der Waals surface area contributed by atoms with Crippen molar-refractivity contribution in [3.63, 3.8) is 0 Å². The second-order valence-electron chi connectivity index (χ2n) is 7.12. The second kappa shape index (κ2) is 9.72. The summed E-state index contributed by atoms with van der Waals surface area (Å²) in [7, 11) is -3.84. The minimum Gasteiger partial charge on any atom is -0.452 e. The number of benzene rings is 2. The Balaban J connectivity index is 1.43. The van der Waals surface area contributed by atoms with E-state index in [4.69, 9.17) is 9.26 Å². The Morgan fingerprint density at radius 2 is 1.91 bits per heavy atom. The molecule has 0 aliphatic carbocycles. The zero-order valence-corrected chi connectivity index (χ0v) is 18.5. The molecule has 0 bridgehead atoms. The Kier molecular flexibility index (Phi) is 6.57. The van der Waals surface area contributed by atoms with Gasteiger partial charge >= 0.3 is 5.97 Å². The molecule has 0 amide bonds. The highest BCUT2D eigenvalue weighted by atomic mass is 32.2. The van der Waals surface area contributed by atoms with Gasteiger partial charge in [-0.3, -0.25) is 4.98 Å². The van der Waals surface area contributed by atoms with Crippen LogP contribution in [0.25, 0.3) is 11.4 Å². The van der Waals surface area contributed by atoms with Crippen LogP contribution in [-0.4, -0.2) is 29.5 Å². The highest BCUT2D eigenvalue weighted by Gasteiger charge is 2.20. The first-order chi connectivity index (χ1) is 15.9. The minimum absolute atomic E-state index is 0.00420. The van der Waals surface area contributed by atoms with Crippen molar-refractivity contribution in [2.45, 2.75) is 25.0 Å². The maximum atomic E-state index is 12.8. The SMILES string of the molecule is Cc1ccc(C(=O)OCc2nc(-c3cccnc3)no2)cc1S(=O)(=O)NCc1ccccc1. The van der Waals surface area contributed by atoms with E-state index in [-0.39, 0.29) is 29.5 Å². The first-order valence-corrected chi connectivity index (χ1v) is 11.4. The van der Waals surface area contributed by atoms with E-state index in [1.165, 1.54) is 12.1 Å². The van der Waals surface area contributed by atoms with Crippen molar-refractivity contribution in [1.29, 1.82) is 0 Å². The van der Waals surface area contributed by atoms with Crippen LogP contribution in [0.5, 0.6) is 0 Å². The van der Waals surface area contributed by atoms with Crippen LogP contribution >= 0.6 is 0 Å². The van der Waals surface area contributed by atoms with Crippen molar-refractivity contribution in [2.24, 2.45) is 0 Å². The molecule has 0 radical (unpaired) electrons. The van der Waals surface area contributed by atoms with E-state index in [1.807, 2.05) is 30.3 Å². The maximum absolute atomic E-state index is 12.8. The molecule has 0 fully saturated rings. The minimum atomic E-state index is -3.84. The number of aryl methyl sites for hydroxylation is 1. The molecule has 0 saturated carbocycles. The average Bonchev–Trinajstić information content (AvgIpc) is 3.32. The maximum Gasteiger partial charge on any atom is 0.338 e. The normalized spacial score (nSPS) is 11.3. The van der Waals surface area contributed by atoms with Gasteiger partial charge in [-0.15, -0.1) is 0 Å². The summed E-state index contributed by atoms with van der Waals surface area (Å²) in [6.45, 7) is 1.53. The fraction of sp³-hybridized carbons (Fsp3) is 0.130. The molecule has 0 spiro atoms. The second-order valence-corrected chi connectivity index (χ2v) is 8.86. The molecule has 0 aliphatic rings. The number of carbonyl (C=O) groups is 1. The van der Waals surface area contributed by atoms with Crippen molar-refractivity contribution in [2.75, 3.05) is 0 Å². The van der Waals surface area contributed by atoms with E-state index in [9.17, 15) is 13.2 Å². The smallest absolute Gasteiger partial charge is 0.338 e. The molecule has 9 nitrogen and oxygen atoms in total. The fourth-order valence-electron chi connectivity index (χ4n) is 3.00. The Morgan fingerprint density at radius 1 is 1.09 bits per heavy atom. The molecule has 168 valence electrons. The summed E-state index contributed by atoms with van der Waals surface area (Å²) in [6.07, 6.45) is 3.21. The predicted molar refractivity (Wildman–Crippen MR) is 118 cm³/mol. The molecule has 0 atom stereocenters. The lowest BCUT2D eigenvalue weighted by Crippen LogP contribution is -2.24. The standard InChI is InChI=1S/C23H20N4O5S/c1-16-9-10-18(12-20(16)33(29,30)25-13-17-6-3-2-4-7-17)23(28)31-15-21-26-22(27-32-21)19-8-5-11-24-14-19/h2-12,14,25H,13,15H2,1H3. The van der Waals surface area contributed by atoms with Gasteiger partial charge in [0.25, 0.3) is 5.89 Å². The van der Waals surface area contributed by atoms with E-state index in [0.29, 0.717) is 17.0 Å². The lowest BCUT2D eigenvalue weighted by atomic mass is 10.1. The van der Waals surface area contributed by atoms with Gasteiger partial charge in [0.05, 0.1) is 10.5 Å². The zero-order chi connectivity index (χ0) is 23.3. The third kappa shape index (κ3) is 5.48. The number of nitrogens with zero attached hydrogens (tertiary/aromatic N) is 3. The lowest BCUT2D eigenvalue weighted by molar-refractivity contribution is 0.0429. The van der Waals surface area contributed by atoms with Gasteiger partial charge in [-0.1, -0.05) is 41.6 Å². The number of rotatable bonds is 8. The number of aromatic nitrogens is 3. The topological polar surface area (TPSA) is 124 Å². The highest BCUT2D eigenvalue weighted by Crippen LogP contribution is 2.19. The quantitative estimate of drug-likeness (QED) is 0.394. The number of hydrogen-bond donors (Lipinski definition) is 1. The Morgan fingerprint density at radius 3 is 2.67 bits per heavy atom. The Hall–Kier alpha value is -3.89. The van der Waals surface area contributed by atoms with Crippen molar-refractivity contribution >= 4 is 16.0 Å². The fourth-order valence-corrected chi connectivity index (χ4v) is 4.29. The van der Waals surface area contributed by atoms with Gasteiger partial charge in [-0.2, -0.15) is 4.98 Å². The molecule has 2 aromatic heterocycles.